The fraction of sp³-hybridized carbons (Fsp3) is 0.462. The fourth-order valence-electron chi connectivity index (χ4n) is 1.48. The summed E-state index contributed by atoms with van der Waals surface area (Å²) in [6.45, 7) is 5.71. The van der Waals surface area contributed by atoms with Gasteiger partial charge in [-0.15, -0.1) is 12.4 Å². The number of hydrogen-bond acceptors (Lipinski definition) is 3. The van der Waals surface area contributed by atoms with E-state index in [0.29, 0.717) is 12.1 Å². The molecular weight excluding hydrogens is 332 g/mol. The van der Waals surface area contributed by atoms with Crippen LogP contribution < -0.4 is 15.8 Å². The van der Waals surface area contributed by atoms with Crippen molar-refractivity contribution in [1.29, 1.82) is 0 Å². The standard InChI is InChI=1S/C13H19BrN2O2.ClH/c1-8(2)18-12-6-10(14)5-11(7-12)16-13(17)4-9(3)15;/h5-9H,4,15H2,1-3H3,(H,16,17);1H. The summed E-state index contributed by atoms with van der Waals surface area (Å²) in [5.41, 5.74) is 6.28. The average molecular weight is 352 g/mol. The number of anilines is 1. The Balaban J connectivity index is 0.00000324. The van der Waals surface area contributed by atoms with Crippen molar-refractivity contribution in [3.8, 4) is 5.75 Å². The van der Waals surface area contributed by atoms with E-state index >= 15 is 0 Å². The van der Waals surface area contributed by atoms with Gasteiger partial charge in [-0.2, -0.15) is 0 Å². The molecule has 4 nitrogen and oxygen atoms in total. The Hall–Kier alpha value is -0.780. The van der Waals surface area contributed by atoms with E-state index in [2.05, 4.69) is 21.2 Å². The van der Waals surface area contributed by atoms with E-state index in [1.54, 1.807) is 13.0 Å². The number of nitrogens with two attached hydrogens (primary N) is 1. The summed E-state index contributed by atoms with van der Waals surface area (Å²) in [5.74, 6) is 0.620. The van der Waals surface area contributed by atoms with Crippen LogP contribution in [0.25, 0.3) is 0 Å². The predicted molar refractivity (Wildman–Crippen MR) is 84.1 cm³/mol. The minimum Gasteiger partial charge on any atom is -0.491 e. The lowest BCUT2D eigenvalue weighted by atomic mass is 10.2. The molecular formula is C13H20BrClN2O2. The van der Waals surface area contributed by atoms with Crippen molar-refractivity contribution in [3.05, 3.63) is 22.7 Å². The van der Waals surface area contributed by atoms with E-state index in [0.717, 1.165) is 10.2 Å². The number of ether oxygens (including phenoxy) is 1. The number of carbonyl (C=O) groups is 1. The molecule has 1 aromatic rings. The SMILES string of the molecule is CC(N)CC(=O)Nc1cc(Br)cc(OC(C)C)c1.Cl. The summed E-state index contributed by atoms with van der Waals surface area (Å²) in [7, 11) is 0. The Morgan fingerprint density at radius 1 is 1.37 bits per heavy atom. The van der Waals surface area contributed by atoms with Gasteiger partial charge in [-0.05, 0) is 32.9 Å². The van der Waals surface area contributed by atoms with Crippen LogP contribution in [-0.2, 0) is 4.79 Å². The molecule has 0 saturated carbocycles. The van der Waals surface area contributed by atoms with Crippen LogP contribution in [-0.4, -0.2) is 18.1 Å². The second-order valence-corrected chi connectivity index (χ2v) is 5.49. The quantitative estimate of drug-likeness (QED) is 0.855. The summed E-state index contributed by atoms with van der Waals surface area (Å²) in [6, 6.07) is 5.33. The molecule has 1 unspecified atom stereocenters. The van der Waals surface area contributed by atoms with Crippen LogP contribution in [0.15, 0.2) is 22.7 Å². The Morgan fingerprint density at radius 3 is 2.53 bits per heavy atom. The number of carbonyl (C=O) groups excluding carboxylic acids is 1. The second kappa shape index (κ2) is 8.40. The molecule has 0 radical (unpaired) electrons. The van der Waals surface area contributed by atoms with E-state index < -0.39 is 0 Å². The van der Waals surface area contributed by atoms with Crippen LogP contribution in [0.1, 0.15) is 27.2 Å². The number of nitrogens with one attached hydrogen (secondary N) is 1. The summed E-state index contributed by atoms with van der Waals surface area (Å²) in [6.07, 6.45) is 0.388. The number of benzene rings is 1. The normalized spacial score (nSPS) is 11.7. The van der Waals surface area contributed by atoms with Gasteiger partial charge in [-0.3, -0.25) is 4.79 Å². The summed E-state index contributed by atoms with van der Waals surface area (Å²) < 4.78 is 6.45. The van der Waals surface area contributed by atoms with Crippen LogP contribution in [0.4, 0.5) is 5.69 Å². The average Bonchev–Trinajstić information content (AvgIpc) is 2.12. The van der Waals surface area contributed by atoms with E-state index in [1.807, 2.05) is 26.0 Å². The Bertz CT molecular complexity index is 425. The summed E-state index contributed by atoms with van der Waals surface area (Å²) >= 11 is 3.39. The van der Waals surface area contributed by atoms with Crippen molar-refractivity contribution >= 4 is 39.9 Å². The van der Waals surface area contributed by atoms with E-state index in [4.69, 9.17) is 10.5 Å². The molecule has 0 spiro atoms. The first kappa shape index (κ1) is 18.2. The third-order valence-electron chi connectivity index (χ3n) is 2.03. The zero-order valence-electron chi connectivity index (χ0n) is 11.3. The van der Waals surface area contributed by atoms with Crippen molar-refractivity contribution in [3.63, 3.8) is 0 Å². The van der Waals surface area contributed by atoms with E-state index in [-0.39, 0.29) is 30.5 Å². The highest BCUT2D eigenvalue weighted by molar-refractivity contribution is 9.10. The van der Waals surface area contributed by atoms with Gasteiger partial charge in [0.05, 0.1) is 6.10 Å². The highest BCUT2D eigenvalue weighted by Crippen LogP contribution is 2.25. The number of amides is 1. The molecule has 0 aromatic heterocycles. The lowest BCUT2D eigenvalue weighted by molar-refractivity contribution is -0.116. The highest BCUT2D eigenvalue weighted by atomic mass is 79.9. The summed E-state index contributed by atoms with van der Waals surface area (Å²) in [5, 5.41) is 2.80. The minimum absolute atomic E-state index is 0. The molecule has 108 valence electrons. The Labute approximate surface area is 128 Å². The van der Waals surface area contributed by atoms with Crippen LogP contribution in [0.3, 0.4) is 0 Å². The first-order valence-electron chi connectivity index (χ1n) is 5.89. The smallest absolute Gasteiger partial charge is 0.225 e. The molecule has 1 rings (SSSR count). The van der Waals surface area contributed by atoms with Gasteiger partial charge in [0.2, 0.25) is 5.91 Å². The van der Waals surface area contributed by atoms with Crippen molar-refractivity contribution in [2.75, 3.05) is 5.32 Å². The first-order valence-corrected chi connectivity index (χ1v) is 6.69. The van der Waals surface area contributed by atoms with Gasteiger partial charge in [0.1, 0.15) is 5.75 Å². The van der Waals surface area contributed by atoms with Gasteiger partial charge in [-0.25, -0.2) is 0 Å². The molecule has 0 aliphatic carbocycles. The Morgan fingerprint density at radius 2 is 2.00 bits per heavy atom. The molecule has 0 heterocycles. The molecule has 6 heteroatoms. The van der Waals surface area contributed by atoms with Crippen molar-refractivity contribution < 1.29 is 9.53 Å². The first-order chi connectivity index (χ1) is 8.36. The lowest BCUT2D eigenvalue weighted by Crippen LogP contribution is -2.24. The monoisotopic (exact) mass is 350 g/mol. The molecule has 0 aliphatic heterocycles. The van der Waals surface area contributed by atoms with Gasteiger partial charge >= 0.3 is 0 Å². The molecule has 1 aromatic carbocycles. The second-order valence-electron chi connectivity index (χ2n) is 4.57. The molecule has 19 heavy (non-hydrogen) atoms. The molecule has 0 fully saturated rings. The van der Waals surface area contributed by atoms with Gasteiger partial charge in [0.15, 0.2) is 0 Å². The maximum absolute atomic E-state index is 11.6. The maximum Gasteiger partial charge on any atom is 0.225 e. The van der Waals surface area contributed by atoms with Crippen LogP contribution >= 0.6 is 28.3 Å². The minimum atomic E-state index is -0.150. The third-order valence-corrected chi connectivity index (χ3v) is 2.49. The number of hydrogen-bond donors (Lipinski definition) is 2. The van der Waals surface area contributed by atoms with Crippen molar-refractivity contribution in [2.24, 2.45) is 5.73 Å². The van der Waals surface area contributed by atoms with Gasteiger partial charge in [0, 0.05) is 28.7 Å². The number of halogens is 2. The Kier molecular flexibility index (Phi) is 8.06. The molecule has 0 saturated heterocycles. The lowest BCUT2D eigenvalue weighted by Gasteiger charge is -2.13. The third kappa shape index (κ3) is 7.40. The summed E-state index contributed by atoms with van der Waals surface area (Å²) in [4.78, 5) is 11.6. The maximum atomic E-state index is 11.6. The highest BCUT2D eigenvalue weighted by Gasteiger charge is 2.08. The van der Waals surface area contributed by atoms with Crippen LogP contribution in [0.5, 0.6) is 5.75 Å². The predicted octanol–water partition coefficient (Wildman–Crippen LogP) is 3.33. The largest absolute Gasteiger partial charge is 0.491 e. The molecule has 1 amide bonds. The van der Waals surface area contributed by atoms with Crippen molar-refractivity contribution in [2.45, 2.75) is 39.3 Å². The van der Waals surface area contributed by atoms with Gasteiger partial charge in [-0.1, -0.05) is 15.9 Å². The van der Waals surface area contributed by atoms with E-state index in [9.17, 15) is 4.79 Å². The molecule has 0 bridgehead atoms. The van der Waals surface area contributed by atoms with Crippen molar-refractivity contribution in [1.82, 2.24) is 0 Å². The van der Waals surface area contributed by atoms with Gasteiger partial charge in [0.25, 0.3) is 0 Å². The number of rotatable bonds is 5. The molecule has 1 atom stereocenters. The van der Waals surface area contributed by atoms with Crippen LogP contribution in [0.2, 0.25) is 0 Å². The molecule has 0 aliphatic rings. The fourth-order valence-corrected chi connectivity index (χ4v) is 1.95. The van der Waals surface area contributed by atoms with E-state index in [1.165, 1.54) is 0 Å². The topological polar surface area (TPSA) is 64.4 Å². The van der Waals surface area contributed by atoms with Gasteiger partial charge < -0.3 is 15.8 Å². The zero-order chi connectivity index (χ0) is 13.7. The zero-order valence-corrected chi connectivity index (χ0v) is 13.7. The van der Waals surface area contributed by atoms with Crippen LogP contribution in [0, 0.1) is 0 Å². The molecule has 3 N–H and O–H groups in total.